The maximum atomic E-state index is 12.4. The second-order valence-electron chi connectivity index (χ2n) is 6.97. The summed E-state index contributed by atoms with van der Waals surface area (Å²) in [4.78, 5) is 31.2. The van der Waals surface area contributed by atoms with Gasteiger partial charge in [0.1, 0.15) is 11.9 Å². The summed E-state index contributed by atoms with van der Waals surface area (Å²) in [5.74, 6) is -0.571. The number of amidine groups is 1. The molecular formula is C19H27N5O4. The molecule has 1 amide bonds. The van der Waals surface area contributed by atoms with E-state index in [9.17, 15) is 9.59 Å². The summed E-state index contributed by atoms with van der Waals surface area (Å²) >= 11 is 0. The number of likely N-dealkylation sites (N-methyl/N-ethyl adjacent to an activating group) is 1. The third-order valence-electron chi connectivity index (χ3n) is 4.27. The quantitative estimate of drug-likeness (QED) is 0.320. The van der Waals surface area contributed by atoms with Crippen LogP contribution in [0.5, 0.6) is 0 Å². The molecule has 1 aliphatic rings. The molecule has 9 nitrogen and oxygen atoms in total. The van der Waals surface area contributed by atoms with E-state index < -0.39 is 0 Å². The number of nitrogen functional groups attached to an aromatic ring is 1. The van der Waals surface area contributed by atoms with Gasteiger partial charge >= 0.3 is 5.97 Å². The molecule has 0 radical (unpaired) electrons. The second kappa shape index (κ2) is 9.84. The van der Waals surface area contributed by atoms with Gasteiger partial charge in [0.05, 0.1) is 31.7 Å². The summed E-state index contributed by atoms with van der Waals surface area (Å²) in [6.45, 7) is 0.524. The van der Waals surface area contributed by atoms with Crippen LogP contribution in [0.15, 0.2) is 29.4 Å². The summed E-state index contributed by atoms with van der Waals surface area (Å²) in [6, 6.07) is 6.81. The summed E-state index contributed by atoms with van der Waals surface area (Å²) in [5, 5.41) is 14.4. The molecule has 28 heavy (non-hydrogen) atoms. The maximum Gasteiger partial charge on any atom is 0.307 e. The van der Waals surface area contributed by atoms with Crippen molar-refractivity contribution in [2.75, 3.05) is 27.7 Å². The Kier molecular flexibility index (Phi) is 7.51. The van der Waals surface area contributed by atoms with E-state index in [-0.39, 0.29) is 42.7 Å². The number of hydrogen-bond acceptors (Lipinski definition) is 7. The van der Waals surface area contributed by atoms with Gasteiger partial charge < -0.3 is 25.5 Å². The Morgan fingerprint density at radius 1 is 1.39 bits per heavy atom. The zero-order chi connectivity index (χ0) is 20.7. The van der Waals surface area contributed by atoms with Crippen molar-refractivity contribution in [2.24, 2.45) is 10.9 Å². The SMILES string of the molecule is COC(=O)C[C@@H](CN(C)C)NC(=O)C[C@H]1CC(c2ccc(C(=N)N)cc2)=NO1. The van der Waals surface area contributed by atoms with Crippen molar-refractivity contribution in [1.29, 1.82) is 5.41 Å². The Morgan fingerprint density at radius 2 is 2.07 bits per heavy atom. The molecule has 0 bridgehead atoms. The number of hydrogen-bond donors (Lipinski definition) is 3. The normalized spacial score (nSPS) is 16.9. The van der Waals surface area contributed by atoms with E-state index in [1.807, 2.05) is 31.1 Å². The van der Waals surface area contributed by atoms with Gasteiger partial charge in [0, 0.05) is 18.5 Å². The largest absolute Gasteiger partial charge is 0.469 e. The number of carbonyl (C=O) groups is 2. The molecule has 0 fully saturated rings. The molecule has 1 aliphatic heterocycles. The van der Waals surface area contributed by atoms with Crippen LogP contribution >= 0.6 is 0 Å². The molecule has 1 aromatic carbocycles. The number of nitrogens with one attached hydrogen (secondary N) is 2. The van der Waals surface area contributed by atoms with E-state index in [2.05, 4.69) is 10.5 Å². The van der Waals surface area contributed by atoms with E-state index in [1.165, 1.54) is 7.11 Å². The molecule has 0 unspecified atom stereocenters. The summed E-state index contributed by atoms with van der Waals surface area (Å²) in [5.41, 5.74) is 7.70. The molecule has 9 heteroatoms. The minimum Gasteiger partial charge on any atom is -0.469 e. The fourth-order valence-electron chi connectivity index (χ4n) is 2.93. The number of benzene rings is 1. The highest BCUT2D eigenvalue weighted by molar-refractivity contribution is 6.02. The average molecular weight is 389 g/mol. The van der Waals surface area contributed by atoms with E-state index in [1.54, 1.807) is 12.1 Å². The number of esters is 1. The number of methoxy groups -OCH3 is 1. The molecule has 0 saturated carbocycles. The van der Waals surface area contributed by atoms with Crippen LogP contribution in [0.4, 0.5) is 0 Å². The van der Waals surface area contributed by atoms with Gasteiger partial charge in [0.25, 0.3) is 0 Å². The first-order valence-electron chi connectivity index (χ1n) is 8.97. The number of rotatable bonds is 9. The van der Waals surface area contributed by atoms with Gasteiger partial charge in [-0.15, -0.1) is 0 Å². The van der Waals surface area contributed by atoms with Crippen LogP contribution < -0.4 is 11.1 Å². The minimum absolute atomic E-state index is 0.00458. The predicted molar refractivity (Wildman–Crippen MR) is 105 cm³/mol. The predicted octanol–water partition coefficient (Wildman–Crippen LogP) is 0.463. The topological polar surface area (TPSA) is 130 Å². The van der Waals surface area contributed by atoms with Gasteiger partial charge in [-0.2, -0.15) is 0 Å². The lowest BCUT2D eigenvalue weighted by Gasteiger charge is -2.22. The highest BCUT2D eigenvalue weighted by Crippen LogP contribution is 2.19. The van der Waals surface area contributed by atoms with E-state index in [0.29, 0.717) is 18.5 Å². The number of nitrogens with two attached hydrogens (primary N) is 1. The second-order valence-corrected chi connectivity index (χ2v) is 6.97. The number of ether oxygens (including phenoxy) is 1. The lowest BCUT2D eigenvalue weighted by atomic mass is 10.0. The molecule has 0 aliphatic carbocycles. The number of carbonyl (C=O) groups excluding carboxylic acids is 2. The van der Waals surface area contributed by atoms with Crippen molar-refractivity contribution in [3.05, 3.63) is 35.4 Å². The van der Waals surface area contributed by atoms with Crippen LogP contribution in [0.25, 0.3) is 0 Å². The van der Waals surface area contributed by atoms with Gasteiger partial charge in [-0.3, -0.25) is 15.0 Å². The fourth-order valence-corrected chi connectivity index (χ4v) is 2.93. The molecular weight excluding hydrogens is 362 g/mol. The van der Waals surface area contributed by atoms with Crippen molar-refractivity contribution in [2.45, 2.75) is 31.4 Å². The first kappa shape index (κ1) is 21.4. The number of oxime groups is 1. The molecule has 1 aromatic rings. The van der Waals surface area contributed by atoms with Crippen molar-refractivity contribution in [3.8, 4) is 0 Å². The smallest absolute Gasteiger partial charge is 0.307 e. The maximum absolute atomic E-state index is 12.4. The van der Waals surface area contributed by atoms with Crippen LogP contribution in [0.3, 0.4) is 0 Å². The van der Waals surface area contributed by atoms with Crippen LogP contribution in [0.1, 0.15) is 30.4 Å². The van der Waals surface area contributed by atoms with Crippen molar-refractivity contribution < 1.29 is 19.2 Å². The fraction of sp³-hybridized carbons (Fsp3) is 0.474. The monoisotopic (exact) mass is 389 g/mol. The molecule has 152 valence electrons. The van der Waals surface area contributed by atoms with Gasteiger partial charge in [-0.1, -0.05) is 29.4 Å². The highest BCUT2D eigenvalue weighted by Gasteiger charge is 2.26. The van der Waals surface area contributed by atoms with Crippen molar-refractivity contribution in [3.63, 3.8) is 0 Å². The molecule has 0 spiro atoms. The molecule has 4 N–H and O–H groups in total. The third kappa shape index (κ3) is 6.34. The Morgan fingerprint density at radius 3 is 2.64 bits per heavy atom. The van der Waals surface area contributed by atoms with Crippen LogP contribution in [-0.4, -0.2) is 68.2 Å². The lowest BCUT2D eigenvalue weighted by Crippen LogP contribution is -2.44. The highest BCUT2D eigenvalue weighted by atomic mass is 16.6. The molecule has 0 saturated heterocycles. The number of amides is 1. The molecule has 0 aromatic heterocycles. The van der Waals surface area contributed by atoms with E-state index >= 15 is 0 Å². The Labute approximate surface area is 164 Å². The number of nitrogens with zero attached hydrogens (tertiary/aromatic N) is 2. The van der Waals surface area contributed by atoms with Crippen LogP contribution in [0, 0.1) is 5.41 Å². The Hall–Kier alpha value is -2.94. The van der Waals surface area contributed by atoms with E-state index in [4.69, 9.17) is 20.7 Å². The van der Waals surface area contributed by atoms with Crippen LogP contribution in [-0.2, 0) is 19.2 Å². The summed E-state index contributed by atoms with van der Waals surface area (Å²) < 4.78 is 4.69. The first-order chi connectivity index (χ1) is 13.3. The van der Waals surface area contributed by atoms with Crippen LogP contribution in [0.2, 0.25) is 0 Å². The van der Waals surface area contributed by atoms with Crippen molar-refractivity contribution >= 4 is 23.4 Å². The standard InChI is InChI=1S/C19H27N5O4/c1-24(2)11-14(8-18(26)27-3)22-17(25)10-15-9-16(23-28-15)12-4-6-13(7-5-12)19(20)21/h4-7,14-15H,8-11H2,1-3H3,(H3,20,21)(H,22,25)/t14-,15+/m0/s1. The molecule has 1 heterocycles. The molecule has 2 rings (SSSR count). The van der Waals surface area contributed by atoms with E-state index in [0.717, 1.165) is 11.3 Å². The van der Waals surface area contributed by atoms with Gasteiger partial charge in [0.15, 0.2) is 0 Å². The lowest BCUT2D eigenvalue weighted by molar-refractivity contribution is -0.141. The zero-order valence-electron chi connectivity index (χ0n) is 16.4. The Bertz CT molecular complexity index is 745. The van der Waals surface area contributed by atoms with Crippen molar-refractivity contribution in [1.82, 2.24) is 10.2 Å². The average Bonchev–Trinajstić information content (AvgIpc) is 3.09. The Balaban J connectivity index is 1.87. The van der Waals surface area contributed by atoms with Gasteiger partial charge in [-0.05, 0) is 19.7 Å². The zero-order valence-corrected chi connectivity index (χ0v) is 16.4. The van der Waals surface area contributed by atoms with Gasteiger partial charge in [-0.25, -0.2) is 0 Å². The third-order valence-corrected chi connectivity index (χ3v) is 4.27. The first-order valence-corrected chi connectivity index (χ1v) is 8.97. The summed E-state index contributed by atoms with van der Waals surface area (Å²) in [6.07, 6.45) is 0.391. The summed E-state index contributed by atoms with van der Waals surface area (Å²) in [7, 11) is 5.06. The minimum atomic E-state index is -0.371. The van der Waals surface area contributed by atoms with Gasteiger partial charge in [0.2, 0.25) is 5.91 Å². The molecule has 2 atom stereocenters.